The molecule has 0 heterocycles. The number of hydrogen-bond acceptors (Lipinski definition) is 4. The van der Waals surface area contributed by atoms with Crippen LogP contribution in [-0.4, -0.2) is 25.2 Å². The quantitative estimate of drug-likeness (QED) is 0.330. The first-order valence-electron chi connectivity index (χ1n) is 2.63. The average molecular weight is 118 g/mol. The van der Waals surface area contributed by atoms with Crippen molar-refractivity contribution in [1.82, 2.24) is 0 Å². The Labute approximate surface area is 49.2 Å². The Morgan fingerprint density at radius 2 is 1.12 bits per heavy atom. The topological polar surface area (TPSA) is 104 Å². The highest BCUT2D eigenvalue weighted by molar-refractivity contribution is 4.76. The molecule has 0 amide bonds. The van der Waals surface area contributed by atoms with Crippen molar-refractivity contribution in [2.45, 2.75) is 12.1 Å². The molecular weight excluding hydrogens is 104 g/mol. The zero-order valence-electron chi connectivity index (χ0n) is 4.88. The van der Waals surface area contributed by atoms with Crippen molar-refractivity contribution < 1.29 is 0 Å². The van der Waals surface area contributed by atoms with Crippen LogP contribution in [-0.2, 0) is 0 Å². The van der Waals surface area contributed by atoms with E-state index in [0.29, 0.717) is 13.1 Å². The summed E-state index contributed by atoms with van der Waals surface area (Å²) in [7, 11) is 0. The summed E-state index contributed by atoms with van der Waals surface area (Å²) in [4.78, 5) is 0. The second-order valence-corrected chi connectivity index (χ2v) is 1.80. The van der Waals surface area contributed by atoms with Gasteiger partial charge in [0.1, 0.15) is 0 Å². The van der Waals surface area contributed by atoms with E-state index in [1.165, 1.54) is 0 Å². The largest absolute Gasteiger partial charge is 0.329 e. The fourth-order valence-electron chi connectivity index (χ4n) is 0.350. The van der Waals surface area contributed by atoms with Gasteiger partial charge in [0, 0.05) is 25.2 Å². The molecule has 4 heteroatoms. The zero-order valence-corrected chi connectivity index (χ0v) is 4.88. The normalized spacial score (nSPS) is 18.0. The SMILES string of the molecule is NC[C@H](N)[C@@H](N)CN. The molecule has 0 aliphatic heterocycles. The molecule has 50 valence electrons. The van der Waals surface area contributed by atoms with Crippen molar-refractivity contribution in [3.05, 3.63) is 0 Å². The smallest absolute Gasteiger partial charge is 0.0329 e. The van der Waals surface area contributed by atoms with Crippen LogP contribution < -0.4 is 22.9 Å². The molecule has 0 aromatic carbocycles. The maximum atomic E-state index is 5.40. The summed E-state index contributed by atoms with van der Waals surface area (Å²) in [5.41, 5.74) is 21.2. The summed E-state index contributed by atoms with van der Waals surface area (Å²) in [5, 5.41) is 0. The average Bonchev–Trinajstić information content (AvgIpc) is 1.84. The molecule has 8 N–H and O–H groups in total. The molecule has 0 spiro atoms. The molecule has 0 unspecified atom stereocenters. The summed E-state index contributed by atoms with van der Waals surface area (Å²) in [6.07, 6.45) is 0. The molecule has 0 aromatic heterocycles. The molecule has 0 aliphatic rings. The van der Waals surface area contributed by atoms with Crippen molar-refractivity contribution in [1.29, 1.82) is 0 Å². The third-order valence-corrected chi connectivity index (χ3v) is 1.09. The Bertz CT molecular complexity index is 48.0. The van der Waals surface area contributed by atoms with Crippen LogP contribution in [0.3, 0.4) is 0 Å². The predicted molar refractivity (Wildman–Crippen MR) is 34.1 cm³/mol. The van der Waals surface area contributed by atoms with E-state index in [9.17, 15) is 0 Å². The van der Waals surface area contributed by atoms with Gasteiger partial charge in [-0.1, -0.05) is 0 Å². The Morgan fingerprint density at radius 1 is 0.875 bits per heavy atom. The van der Waals surface area contributed by atoms with Crippen LogP contribution in [0.15, 0.2) is 0 Å². The molecule has 0 bridgehead atoms. The van der Waals surface area contributed by atoms with Crippen LogP contribution in [0, 0.1) is 0 Å². The molecule has 0 aromatic rings. The maximum absolute atomic E-state index is 5.40. The third-order valence-electron chi connectivity index (χ3n) is 1.09. The fourth-order valence-corrected chi connectivity index (χ4v) is 0.350. The minimum atomic E-state index is -0.153. The summed E-state index contributed by atoms with van der Waals surface area (Å²) in [6.45, 7) is 0.802. The highest BCUT2D eigenvalue weighted by Crippen LogP contribution is 1.77. The van der Waals surface area contributed by atoms with E-state index < -0.39 is 0 Å². The van der Waals surface area contributed by atoms with Gasteiger partial charge in [-0.3, -0.25) is 0 Å². The predicted octanol–water partition coefficient (Wildman–Crippen LogP) is -2.44. The number of rotatable bonds is 3. The minimum absolute atomic E-state index is 0.153. The maximum Gasteiger partial charge on any atom is 0.0329 e. The lowest BCUT2D eigenvalue weighted by molar-refractivity contribution is 0.540. The lowest BCUT2D eigenvalue weighted by Gasteiger charge is -2.14. The van der Waals surface area contributed by atoms with E-state index in [2.05, 4.69) is 0 Å². The van der Waals surface area contributed by atoms with Crippen molar-refractivity contribution in [2.75, 3.05) is 13.1 Å². The van der Waals surface area contributed by atoms with Crippen LogP contribution in [0.1, 0.15) is 0 Å². The van der Waals surface area contributed by atoms with Crippen LogP contribution in [0.5, 0.6) is 0 Å². The summed E-state index contributed by atoms with van der Waals surface area (Å²) >= 11 is 0. The van der Waals surface area contributed by atoms with Gasteiger partial charge < -0.3 is 22.9 Å². The standard InChI is InChI=1S/C4H14N4/c5-1-3(7)4(8)2-6/h3-4H,1-2,5-8H2/t3-,4-/m0/s1. The van der Waals surface area contributed by atoms with Gasteiger partial charge in [0.25, 0.3) is 0 Å². The van der Waals surface area contributed by atoms with E-state index in [4.69, 9.17) is 22.9 Å². The van der Waals surface area contributed by atoms with E-state index in [0.717, 1.165) is 0 Å². The molecule has 4 nitrogen and oxygen atoms in total. The van der Waals surface area contributed by atoms with Gasteiger partial charge in [-0.15, -0.1) is 0 Å². The first-order valence-corrected chi connectivity index (χ1v) is 2.63. The second-order valence-electron chi connectivity index (χ2n) is 1.80. The highest BCUT2D eigenvalue weighted by Gasteiger charge is 2.07. The van der Waals surface area contributed by atoms with Crippen LogP contribution in [0.25, 0.3) is 0 Å². The molecule has 0 radical (unpaired) electrons. The van der Waals surface area contributed by atoms with Crippen molar-refractivity contribution in [3.8, 4) is 0 Å². The summed E-state index contributed by atoms with van der Waals surface area (Å²) in [6, 6.07) is -0.306. The third kappa shape index (κ3) is 2.23. The van der Waals surface area contributed by atoms with Gasteiger partial charge in [-0.25, -0.2) is 0 Å². The molecule has 0 aliphatic carbocycles. The Balaban J connectivity index is 3.29. The van der Waals surface area contributed by atoms with Crippen LogP contribution in [0.4, 0.5) is 0 Å². The molecule has 0 saturated carbocycles. The van der Waals surface area contributed by atoms with E-state index in [1.54, 1.807) is 0 Å². The molecule has 0 saturated heterocycles. The first kappa shape index (κ1) is 7.84. The van der Waals surface area contributed by atoms with Crippen LogP contribution >= 0.6 is 0 Å². The Morgan fingerprint density at radius 3 is 1.25 bits per heavy atom. The summed E-state index contributed by atoms with van der Waals surface area (Å²) in [5.74, 6) is 0. The molecule has 0 fully saturated rings. The van der Waals surface area contributed by atoms with Gasteiger partial charge in [-0.2, -0.15) is 0 Å². The lowest BCUT2D eigenvalue weighted by Crippen LogP contribution is -2.50. The Hall–Kier alpha value is -0.160. The van der Waals surface area contributed by atoms with Crippen molar-refractivity contribution >= 4 is 0 Å². The van der Waals surface area contributed by atoms with E-state index in [-0.39, 0.29) is 12.1 Å². The number of hydrogen-bond donors (Lipinski definition) is 4. The molecular formula is C4H14N4. The van der Waals surface area contributed by atoms with Crippen molar-refractivity contribution in [2.24, 2.45) is 22.9 Å². The summed E-state index contributed by atoms with van der Waals surface area (Å²) < 4.78 is 0. The van der Waals surface area contributed by atoms with Gasteiger partial charge in [-0.05, 0) is 0 Å². The monoisotopic (exact) mass is 118 g/mol. The van der Waals surface area contributed by atoms with Gasteiger partial charge in [0.05, 0.1) is 0 Å². The van der Waals surface area contributed by atoms with E-state index >= 15 is 0 Å². The van der Waals surface area contributed by atoms with Crippen LogP contribution in [0.2, 0.25) is 0 Å². The van der Waals surface area contributed by atoms with Crippen molar-refractivity contribution in [3.63, 3.8) is 0 Å². The van der Waals surface area contributed by atoms with Gasteiger partial charge in [0.2, 0.25) is 0 Å². The Kier molecular flexibility index (Phi) is 3.72. The fraction of sp³-hybridized carbons (Fsp3) is 1.00. The van der Waals surface area contributed by atoms with E-state index in [1.807, 2.05) is 0 Å². The minimum Gasteiger partial charge on any atom is -0.329 e. The second kappa shape index (κ2) is 3.80. The highest BCUT2D eigenvalue weighted by atomic mass is 14.8. The van der Waals surface area contributed by atoms with Gasteiger partial charge >= 0.3 is 0 Å². The molecule has 8 heavy (non-hydrogen) atoms. The van der Waals surface area contributed by atoms with Gasteiger partial charge in [0.15, 0.2) is 0 Å². The molecule has 0 rings (SSSR count). The number of nitrogens with two attached hydrogens (primary N) is 4. The first-order chi connectivity index (χ1) is 3.72. The molecule has 2 atom stereocenters. The zero-order chi connectivity index (χ0) is 6.57. The lowest BCUT2D eigenvalue weighted by atomic mass is 10.1.